The predicted molar refractivity (Wildman–Crippen MR) is 62.5 cm³/mol. The molecular formula is C13H15NO2. The van der Waals surface area contributed by atoms with E-state index in [9.17, 15) is 9.59 Å². The Labute approximate surface area is 95.1 Å². The maximum absolute atomic E-state index is 11.7. The normalized spacial score (nSPS) is 16.8. The first-order valence-electron chi connectivity index (χ1n) is 5.51. The van der Waals surface area contributed by atoms with E-state index in [1.807, 2.05) is 32.0 Å². The molecule has 0 spiro atoms. The van der Waals surface area contributed by atoms with Gasteiger partial charge in [0.2, 0.25) is 5.78 Å². The van der Waals surface area contributed by atoms with Crippen molar-refractivity contribution in [2.45, 2.75) is 26.7 Å². The number of aryl methyl sites for hydroxylation is 2. The van der Waals surface area contributed by atoms with Crippen molar-refractivity contribution < 1.29 is 9.59 Å². The van der Waals surface area contributed by atoms with Gasteiger partial charge in [-0.2, -0.15) is 0 Å². The van der Waals surface area contributed by atoms with Gasteiger partial charge in [0, 0.05) is 18.7 Å². The number of amides is 1. The van der Waals surface area contributed by atoms with Crippen LogP contribution in [0.2, 0.25) is 0 Å². The third kappa shape index (κ3) is 1.85. The average molecular weight is 217 g/mol. The van der Waals surface area contributed by atoms with Crippen LogP contribution in [-0.2, 0) is 9.59 Å². The van der Waals surface area contributed by atoms with Crippen molar-refractivity contribution in [3.8, 4) is 0 Å². The van der Waals surface area contributed by atoms with Crippen LogP contribution in [0.4, 0.5) is 5.69 Å². The molecule has 3 heteroatoms. The number of benzene rings is 1. The smallest absolute Gasteiger partial charge is 0.294 e. The Bertz CT molecular complexity index is 451. The zero-order chi connectivity index (χ0) is 11.7. The molecule has 3 nitrogen and oxygen atoms in total. The van der Waals surface area contributed by atoms with Crippen molar-refractivity contribution >= 4 is 17.4 Å². The molecule has 0 aromatic heterocycles. The minimum atomic E-state index is -0.366. The van der Waals surface area contributed by atoms with Crippen molar-refractivity contribution in [2.24, 2.45) is 0 Å². The molecule has 0 unspecified atom stereocenters. The highest BCUT2D eigenvalue weighted by Gasteiger charge is 2.27. The van der Waals surface area contributed by atoms with E-state index in [4.69, 9.17) is 0 Å². The second-order valence-corrected chi connectivity index (χ2v) is 4.25. The minimum Gasteiger partial charge on any atom is -0.306 e. The van der Waals surface area contributed by atoms with Gasteiger partial charge in [0.15, 0.2) is 0 Å². The number of piperidine rings is 1. The lowest BCUT2D eigenvalue weighted by Gasteiger charge is -2.26. The minimum absolute atomic E-state index is 0.274. The molecule has 1 amide bonds. The highest BCUT2D eigenvalue weighted by molar-refractivity contribution is 6.41. The van der Waals surface area contributed by atoms with Crippen LogP contribution >= 0.6 is 0 Å². The summed E-state index contributed by atoms with van der Waals surface area (Å²) in [5, 5.41) is 0. The Kier molecular flexibility index (Phi) is 2.77. The van der Waals surface area contributed by atoms with E-state index in [1.54, 1.807) is 4.90 Å². The Balaban J connectivity index is 2.32. The quantitative estimate of drug-likeness (QED) is 0.675. The highest BCUT2D eigenvalue weighted by Crippen LogP contribution is 2.22. The zero-order valence-corrected chi connectivity index (χ0v) is 9.62. The van der Waals surface area contributed by atoms with Crippen LogP contribution in [0.25, 0.3) is 0 Å². The van der Waals surface area contributed by atoms with Gasteiger partial charge in [-0.3, -0.25) is 9.59 Å². The summed E-state index contributed by atoms with van der Waals surface area (Å²) in [7, 11) is 0. The summed E-state index contributed by atoms with van der Waals surface area (Å²) in [6, 6.07) is 5.85. The lowest BCUT2D eigenvalue weighted by atomic mass is 10.1. The number of carbonyl (C=O) groups is 2. The molecule has 1 aromatic rings. The fraction of sp³-hybridized carbons (Fsp3) is 0.385. The molecule has 1 aromatic carbocycles. The van der Waals surface area contributed by atoms with Gasteiger partial charge in [0.1, 0.15) is 0 Å². The van der Waals surface area contributed by atoms with Crippen molar-refractivity contribution in [2.75, 3.05) is 11.4 Å². The third-order valence-electron chi connectivity index (χ3n) is 3.07. The summed E-state index contributed by atoms with van der Waals surface area (Å²) in [5.41, 5.74) is 3.17. The van der Waals surface area contributed by atoms with Crippen LogP contribution < -0.4 is 4.90 Å². The highest BCUT2D eigenvalue weighted by atomic mass is 16.2. The van der Waals surface area contributed by atoms with E-state index in [0.29, 0.717) is 13.0 Å². The molecule has 0 bridgehead atoms. The molecular weight excluding hydrogens is 202 g/mol. The molecule has 1 aliphatic rings. The number of carbonyl (C=O) groups excluding carboxylic acids is 2. The van der Waals surface area contributed by atoms with E-state index < -0.39 is 0 Å². The summed E-state index contributed by atoms with van der Waals surface area (Å²) in [5.74, 6) is -0.640. The van der Waals surface area contributed by atoms with Crippen molar-refractivity contribution in [1.82, 2.24) is 0 Å². The van der Waals surface area contributed by atoms with Crippen LogP contribution in [0.15, 0.2) is 18.2 Å². The fourth-order valence-corrected chi connectivity index (χ4v) is 1.90. The molecule has 0 aliphatic carbocycles. The van der Waals surface area contributed by atoms with Gasteiger partial charge in [-0.15, -0.1) is 0 Å². The summed E-state index contributed by atoms with van der Waals surface area (Å²) in [6.45, 7) is 4.68. The van der Waals surface area contributed by atoms with E-state index in [0.717, 1.165) is 17.7 Å². The molecule has 1 fully saturated rings. The van der Waals surface area contributed by atoms with Gasteiger partial charge in [-0.25, -0.2) is 0 Å². The van der Waals surface area contributed by atoms with E-state index >= 15 is 0 Å². The lowest BCUT2D eigenvalue weighted by molar-refractivity contribution is -0.137. The predicted octanol–water partition coefficient (Wildman–Crippen LogP) is 2.00. The van der Waals surface area contributed by atoms with Gasteiger partial charge < -0.3 is 4.90 Å². The summed E-state index contributed by atoms with van der Waals surface area (Å²) < 4.78 is 0. The van der Waals surface area contributed by atoms with Crippen molar-refractivity contribution in [3.05, 3.63) is 29.3 Å². The Morgan fingerprint density at radius 3 is 2.56 bits per heavy atom. The SMILES string of the molecule is Cc1ccc(N2CCCC(=O)C2=O)cc1C. The van der Waals surface area contributed by atoms with Crippen LogP contribution in [-0.4, -0.2) is 18.2 Å². The molecule has 0 saturated carbocycles. The molecule has 0 N–H and O–H groups in total. The summed E-state index contributed by atoms with van der Waals surface area (Å²) in [6.07, 6.45) is 1.15. The summed E-state index contributed by atoms with van der Waals surface area (Å²) >= 11 is 0. The molecule has 1 heterocycles. The number of hydrogen-bond acceptors (Lipinski definition) is 2. The van der Waals surface area contributed by atoms with Crippen LogP contribution in [0, 0.1) is 13.8 Å². The molecule has 16 heavy (non-hydrogen) atoms. The largest absolute Gasteiger partial charge is 0.306 e. The fourth-order valence-electron chi connectivity index (χ4n) is 1.90. The van der Waals surface area contributed by atoms with Crippen LogP contribution in [0.3, 0.4) is 0 Å². The monoisotopic (exact) mass is 217 g/mol. The molecule has 84 valence electrons. The first kappa shape index (κ1) is 10.9. The van der Waals surface area contributed by atoms with Gasteiger partial charge in [-0.05, 0) is 43.5 Å². The van der Waals surface area contributed by atoms with E-state index in [1.165, 1.54) is 5.56 Å². The Morgan fingerprint density at radius 2 is 1.88 bits per heavy atom. The average Bonchev–Trinajstić information content (AvgIpc) is 2.26. The molecule has 2 rings (SSSR count). The third-order valence-corrected chi connectivity index (χ3v) is 3.07. The lowest BCUT2D eigenvalue weighted by Crippen LogP contribution is -2.41. The number of anilines is 1. The summed E-state index contributed by atoms with van der Waals surface area (Å²) in [4.78, 5) is 24.6. The van der Waals surface area contributed by atoms with Crippen LogP contribution in [0.5, 0.6) is 0 Å². The molecule has 1 aliphatic heterocycles. The Morgan fingerprint density at radius 1 is 1.12 bits per heavy atom. The second kappa shape index (κ2) is 4.08. The van der Waals surface area contributed by atoms with Gasteiger partial charge in [0.25, 0.3) is 5.91 Å². The number of hydrogen-bond donors (Lipinski definition) is 0. The Hall–Kier alpha value is -1.64. The van der Waals surface area contributed by atoms with Gasteiger partial charge >= 0.3 is 0 Å². The first-order valence-corrected chi connectivity index (χ1v) is 5.51. The van der Waals surface area contributed by atoms with Crippen molar-refractivity contribution in [3.63, 3.8) is 0 Å². The zero-order valence-electron chi connectivity index (χ0n) is 9.62. The van der Waals surface area contributed by atoms with Crippen molar-refractivity contribution in [1.29, 1.82) is 0 Å². The number of ketones is 1. The second-order valence-electron chi connectivity index (χ2n) is 4.25. The maximum atomic E-state index is 11.7. The van der Waals surface area contributed by atoms with E-state index in [-0.39, 0.29) is 11.7 Å². The molecule has 0 atom stereocenters. The number of Topliss-reactive ketones (excluding diaryl/α,β-unsaturated/α-hetero) is 1. The number of nitrogens with zero attached hydrogens (tertiary/aromatic N) is 1. The standard InChI is InChI=1S/C13H15NO2/c1-9-5-6-11(8-10(9)2)14-7-3-4-12(15)13(14)16/h5-6,8H,3-4,7H2,1-2H3. The topological polar surface area (TPSA) is 37.4 Å². The van der Waals surface area contributed by atoms with E-state index in [2.05, 4.69) is 0 Å². The molecule has 0 radical (unpaired) electrons. The van der Waals surface area contributed by atoms with Gasteiger partial charge in [0.05, 0.1) is 0 Å². The molecule has 1 saturated heterocycles. The van der Waals surface area contributed by atoms with Gasteiger partial charge in [-0.1, -0.05) is 6.07 Å². The maximum Gasteiger partial charge on any atom is 0.294 e. The first-order chi connectivity index (χ1) is 7.59. The van der Waals surface area contributed by atoms with Crippen LogP contribution in [0.1, 0.15) is 24.0 Å². The number of rotatable bonds is 1.